The monoisotopic (exact) mass is 1060 g/mol. The summed E-state index contributed by atoms with van der Waals surface area (Å²) >= 11 is 0. The molecule has 2 aliphatic rings. The van der Waals surface area contributed by atoms with Crippen LogP contribution < -0.4 is 20.7 Å². The summed E-state index contributed by atoms with van der Waals surface area (Å²) in [4.78, 5) is 50.1. The van der Waals surface area contributed by atoms with Crippen LogP contribution >= 0.6 is 0 Å². The number of rotatable bonds is 30. The zero-order valence-corrected chi connectivity index (χ0v) is 42.4. The first-order valence-electron chi connectivity index (χ1n) is 24.2. The molecule has 418 valence electrons. The number of carbonyl (C=O) groups is 4. The van der Waals surface area contributed by atoms with Gasteiger partial charge in [-0.2, -0.15) is 0 Å². The molecule has 2 heterocycles. The van der Waals surface area contributed by atoms with E-state index in [2.05, 4.69) is 16.0 Å². The van der Waals surface area contributed by atoms with Gasteiger partial charge in [-0.25, -0.2) is 0 Å². The number of amides is 3. The van der Waals surface area contributed by atoms with Crippen LogP contribution in [0.4, 0.5) is 0 Å². The number of ether oxygens (including phenoxy) is 8. The van der Waals surface area contributed by atoms with Crippen LogP contribution in [0.3, 0.4) is 0 Å². The van der Waals surface area contributed by atoms with Crippen molar-refractivity contribution in [1.82, 2.24) is 16.0 Å². The van der Waals surface area contributed by atoms with E-state index < -0.39 is 154 Å². The van der Waals surface area contributed by atoms with E-state index in [4.69, 9.17) is 43.0 Å². The Hall–Kier alpha value is -4.52. The maximum atomic E-state index is 13.7. The molecule has 13 N–H and O–H groups in total. The molecule has 0 bridgehead atoms. The number of carbonyl (C=O) groups excluding carboxylic acids is 3. The maximum absolute atomic E-state index is 13.7. The molecule has 14 atom stereocenters. The molecule has 2 aromatic rings. The molecule has 0 saturated carbocycles. The van der Waals surface area contributed by atoms with Gasteiger partial charge in [0.05, 0.1) is 56.9 Å². The molecule has 3 amide bonds. The van der Waals surface area contributed by atoms with Crippen LogP contribution in [-0.4, -0.2) is 225 Å². The number of aliphatic hydroxyl groups excluding tert-OH is 9. The van der Waals surface area contributed by atoms with Gasteiger partial charge in [-0.3, -0.25) is 19.2 Å². The van der Waals surface area contributed by atoms with Gasteiger partial charge in [-0.1, -0.05) is 30.3 Å². The summed E-state index contributed by atoms with van der Waals surface area (Å²) in [6.07, 6.45) is -21.2. The summed E-state index contributed by atoms with van der Waals surface area (Å²) in [5.74, 6) is -2.32. The number of carboxylic acid groups (broad SMARTS) is 1. The molecule has 2 saturated heterocycles. The van der Waals surface area contributed by atoms with E-state index in [9.17, 15) is 65.1 Å². The van der Waals surface area contributed by atoms with Crippen LogP contribution in [-0.2, 0) is 47.5 Å². The predicted octanol–water partition coefficient (Wildman–Crippen LogP) is -2.35. The number of nitrogens with one attached hydrogen (secondary N) is 3. The normalized spacial score (nSPS) is 26.0. The van der Waals surface area contributed by atoms with Crippen molar-refractivity contribution in [1.29, 1.82) is 0 Å². The van der Waals surface area contributed by atoms with Gasteiger partial charge in [0.2, 0.25) is 5.91 Å². The number of benzene rings is 2. The quantitative estimate of drug-likeness (QED) is 0.0288. The Labute approximate surface area is 428 Å². The second kappa shape index (κ2) is 29.1. The molecule has 0 radical (unpaired) electrons. The lowest BCUT2D eigenvalue weighted by molar-refractivity contribution is -0.366. The minimum absolute atomic E-state index is 0.0539. The second-order valence-corrected chi connectivity index (χ2v) is 19.3. The van der Waals surface area contributed by atoms with Gasteiger partial charge in [-0.15, -0.1) is 0 Å². The van der Waals surface area contributed by atoms with Crippen molar-refractivity contribution in [2.75, 3.05) is 52.8 Å². The first kappa shape index (κ1) is 62.0. The van der Waals surface area contributed by atoms with E-state index in [1.165, 1.54) is 13.0 Å². The SMILES string of the molecule is CC(=O)NC1C(OCCCNC(=O)COc2cc(C(=O)NC(C)(C)COC(C)(C)CCC(=O)O)cc(-c3ccccc3)c2)OC(CO)C(OC2OC(CO)C(O)C(OC(OC(CO)[C@@H](C)O)[C@@H](O)CO)C2O)C1O. The maximum Gasteiger partial charge on any atom is 0.303 e. The van der Waals surface area contributed by atoms with Gasteiger partial charge in [0.15, 0.2) is 25.5 Å². The molecule has 0 aromatic heterocycles. The average Bonchev–Trinajstić information content (AvgIpc) is 3.36. The summed E-state index contributed by atoms with van der Waals surface area (Å²) < 4.78 is 46.2. The lowest BCUT2D eigenvalue weighted by Crippen LogP contribution is -2.68. The molecule has 12 unspecified atom stereocenters. The molecule has 0 spiro atoms. The van der Waals surface area contributed by atoms with Crippen molar-refractivity contribution in [3.8, 4) is 16.9 Å². The highest BCUT2D eigenvalue weighted by Gasteiger charge is 2.53. The van der Waals surface area contributed by atoms with Crippen molar-refractivity contribution >= 4 is 23.7 Å². The smallest absolute Gasteiger partial charge is 0.303 e. The fourth-order valence-electron chi connectivity index (χ4n) is 7.76. The van der Waals surface area contributed by atoms with Gasteiger partial charge in [0.1, 0.15) is 66.7 Å². The highest BCUT2D eigenvalue weighted by atomic mass is 16.8. The Balaban J connectivity index is 1.36. The third kappa shape index (κ3) is 18.6. The first-order valence-corrected chi connectivity index (χ1v) is 24.2. The van der Waals surface area contributed by atoms with Crippen molar-refractivity contribution in [2.45, 2.75) is 158 Å². The summed E-state index contributed by atoms with van der Waals surface area (Å²) in [6.45, 7) is 5.68. The number of aliphatic hydroxyl groups is 9. The Bertz CT molecular complexity index is 2070. The molecule has 0 aliphatic carbocycles. The average molecular weight is 1060 g/mol. The van der Waals surface area contributed by atoms with Crippen molar-refractivity contribution in [3.63, 3.8) is 0 Å². The van der Waals surface area contributed by atoms with Gasteiger partial charge in [-0.05, 0) is 76.8 Å². The van der Waals surface area contributed by atoms with Crippen LogP contribution in [0.5, 0.6) is 5.75 Å². The standard InChI is InChI=1S/C49H75N3O22/c1-26(57)33(21-54)70-45(32(59)20-53)74-43-39(63)34(22-55)71-47(41(43)65)73-42-35(23-56)72-46(38(40(42)64)51-27(2)58)67-16-10-15-50-36(60)24-68-31-18-29(28-11-8-7-9-12-28)17-30(19-31)44(66)52-48(3,4)25-69-49(5,6)14-13-37(61)62/h7-9,11-12,17-19,26,32-35,38-43,45-47,53-57,59,63-65H,10,13-16,20-25H2,1-6H3,(H,50,60)(H,51,58)(H,52,66)(H,61,62)/t26-,32+,33?,34?,35?,38?,39?,40?,41?,42?,43?,45?,46?,47?/m1/s1. The van der Waals surface area contributed by atoms with Gasteiger partial charge >= 0.3 is 5.97 Å². The van der Waals surface area contributed by atoms with Crippen LogP contribution in [0.2, 0.25) is 0 Å². The van der Waals surface area contributed by atoms with Gasteiger partial charge in [0, 0.05) is 25.5 Å². The number of carboxylic acids is 1. The second-order valence-electron chi connectivity index (χ2n) is 19.3. The zero-order chi connectivity index (χ0) is 54.9. The Morgan fingerprint density at radius 1 is 0.824 bits per heavy atom. The Morgan fingerprint density at radius 2 is 1.50 bits per heavy atom. The lowest BCUT2D eigenvalue weighted by atomic mass is 9.95. The molecular weight excluding hydrogens is 983 g/mol. The highest BCUT2D eigenvalue weighted by molar-refractivity contribution is 5.96. The fraction of sp³-hybridized carbons (Fsp3) is 0.673. The van der Waals surface area contributed by atoms with Crippen LogP contribution in [0.15, 0.2) is 48.5 Å². The van der Waals surface area contributed by atoms with Gasteiger partial charge in [0.25, 0.3) is 11.8 Å². The van der Waals surface area contributed by atoms with Crippen LogP contribution in [0.25, 0.3) is 11.1 Å². The summed E-state index contributed by atoms with van der Waals surface area (Å²) in [5, 5.41) is 111. The molecule has 4 rings (SSSR count). The van der Waals surface area contributed by atoms with Crippen LogP contribution in [0, 0.1) is 0 Å². The van der Waals surface area contributed by atoms with Crippen molar-refractivity contribution in [2.24, 2.45) is 0 Å². The third-order valence-corrected chi connectivity index (χ3v) is 11.9. The molecule has 74 heavy (non-hydrogen) atoms. The molecule has 2 aliphatic heterocycles. The third-order valence-electron chi connectivity index (χ3n) is 11.9. The van der Waals surface area contributed by atoms with E-state index in [0.29, 0.717) is 5.56 Å². The number of aliphatic carboxylic acids is 1. The first-order chi connectivity index (χ1) is 34.9. The largest absolute Gasteiger partial charge is 0.484 e. The van der Waals surface area contributed by atoms with E-state index in [-0.39, 0.29) is 50.3 Å². The topological polar surface area (TPSA) is 381 Å². The van der Waals surface area contributed by atoms with Crippen LogP contribution in [0.1, 0.15) is 71.2 Å². The van der Waals surface area contributed by atoms with Gasteiger partial charge < -0.3 is 105 Å². The Kier molecular flexibility index (Phi) is 24.4. The number of hydrogen-bond donors (Lipinski definition) is 13. The molecule has 2 fully saturated rings. The summed E-state index contributed by atoms with van der Waals surface area (Å²) in [5.41, 5.74) is 0.0359. The van der Waals surface area contributed by atoms with E-state index in [1.54, 1.807) is 39.8 Å². The molecule has 2 aromatic carbocycles. The van der Waals surface area contributed by atoms with E-state index in [0.717, 1.165) is 12.5 Å². The number of hydrogen-bond acceptors (Lipinski definition) is 21. The zero-order valence-electron chi connectivity index (χ0n) is 42.4. The molecular formula is C49H75N3O22. The predicted molar refractivity (Wildman–Crippen MR) is 257 cm³/mol. The summed E-state index contributed by atoms with van der Waals surface area (Å²) in [7, 11) is 0. The highest BCUT2D eigenvalue weighted by Crippen LogP contribution is 2.32. The van der Waals surface area contributed by atoms with E-state index in [1.807, 2.05) is 30.3 Å². The summed E-state index contributed by atoms with van der Waals surface area (Å²) in [6, 6.07) is 12.7. The molecule has 25 heteroatoms. The van der Waals surface area contributed by atoms with Crippen molar-refractivity contribution < 1.29 is 108 Å². The van der Waals surface area contributed by atoms with Crippen molar-refractivity contribution in [3.05, 3.63) is 54.1 Å². The minimum atomic E-state index is -2.00. The minimum Gasteiger partial charge on any atom is -0.484 e. The fourth-order valence-corrected chi connectivity index (χ4v) is 7.76. The molecule has 25 nitrogen and oxygen atoms in total. The Morgan fingerprint density at radius 3 is 2.11 bits per heavy atom. The lowest BCUT2D eigenvalue weighted by Gasteiger charge is -2.48. The van der Waals surface area contributed by atoms with E-state index >= 15 is 0 Å².